The minimum absolute atomic E-state index is 0.0143. The van der Waals surface area contributed by atoms with Gasteiger partial charge >= 0.3 is 6.18 Å². The highest BCUT2D eigenvalue weighted by Gasteiger charge is 2.33. The number of nitrogens with zero attached hydrogens (tertiary/aromatic N) is 2. The van der Waals surface area contributed by atoms with Gasteiger partial charge in [0, 0.05) is 5.69 Å². The number of carbonyl (C=O) groups is 1. The van der Waals surface area contributed by atoms with Crippen LogP contribution >= 0.6 is 34.7 Å². The fourth-order valence-electron chi connectivity index (χ4n) is 2.06. The number of hydrogen-bond acceptors (Lipinski definition) is 7. The molecule has 148 valence electrons. The highest BCUT2D eigenvalue weighted by molar-refractivity contribution is 8.01. The molecule has 0 aliphatic heterocycles. The number of rotatable bonds is 7. The molecule has 1 amide bonds. The normalized spacial score (nSPS) is 11.4. The van der Waals surface area contributed by atoms with Crippen LogP contribution in [0.5, 0.6) is 0 Å². The average molecular weight is 449 g/mol. The molecule has 0 spiro atoms. The second kappa shape index (κ2) is 8.84. The molecule has 3 aromatic rings. The number of nitrogens with one attached hydrogen (secondary N) is 2. The van der Waals surface area contributed by atoms with E-state index < -0.39 is 22.7 Å². The molecule has 0 aliphatic rings. The van der Waals surface area contributed by atoms with Gasteiger partial charge in [0.25, 0.3) is 0 Å². The van der Waals surface area contributed by atoms with Crippen molar-refractivity contribution in [2.24, 2.45) is 0 Å². The fourth-order valence-corrected chi connectivity index (χ4v) is 3.83. The van der Waals surface area contributed by atoms with Crippen LogP contribution in [0.2, 0.25) is 5.02 Å². The summed E-state index contributed by atoms with van der Waals surface area (Å²) >= 11 is 7.94. The summed E-state index contributed by atoms with van der Waals surface area (Å²) in [5.41, 5.74) is -0.989. The lowest BCUT2D eigenvalue weighted by atomic mass is 10.2. The Balaban J connectivity index is 1.51. The molecular weight excluding hydrogens is 437 g/mol. The smallest absolute Gasteiger partial charge is 0.417 e. The van der Waals surface area contributed by atoms with E-state index >= 15 is 0 Å². The zero-order valence-electron chi connectivity index (χ0n) is 13.9. The van der Waals surface area contributed by atoms with Crippen molar-refractivity contribution >= 4 is 51.4 Å². The van der Waals surface area contributed by atoms with Gasteiger partial charge in [-0.3, -0.25) is 4.79 Å². The number of thioether (sulfide) groups is 1. The van der Waals surface area contributed by atoms with Gasteiger partial charge in [0.1, 0.15) is 5.76 Å². The van der Waals surface area contributed by atoms with Crippen LogP contribution in [0, 0.1) is 0 Å². The van der Waals surface area contributed by atoms with E-state index in [9.17, 15) is 18.0 Å². The van der Waals surface area contributed by atoms with Crippen LogP contribution in [-0.2, 0) is 17.5 Å². The first-order valence-corrected chi connectivity index (χ1v) is 9.88. The molecule has 28 heavy (non-hydrogen) atoms. The minimum atomic E-state index is -4.60. The monoisotopic (exact) mass is 448 g/mol. The maximum atomic E-state index is 12.9. The van der Waals surface area contributed by atoms with E-state index in [1.165, 1.54) is 17.4 Å². The van der Waals surface area contributed by atoms with Crippen LogP contribution in [-0.4, -0.2) is 21.9 Å². The maximum absolute atomic E-state index is 12.9. The van der Waals surface area contributed by atoms with E-state index in [0.717, 1.165) is 29.7 Å². The Kier molecular flexibility index (Phi) is 6.47. The summed E-state index contributed by atoms with van der Waals surface area (Å²) in [6, 6.07) is 6.79. The second-order valence-corrected chi connectivity index (χ2v) is 7.94. The second-order valence-electron chi connectivity index (χ2n) is 5.34. The lowest BCUT2D eigenvalue weighted by Crippen LogP contribution is -2.15. The predicted molar refractivity (Wildman–Crippen MR) is 102 cm³/mol. The fraction of sp³-hybridized carbons (Fsp3) is 0.188. The highest BCUT2D eigenvalue weighted by Crippen LogP contribution is 2.36. The molecule has 0 unspecified atom stereocenters. The summed E-state index contributed by atoms with van der Waals surface area (Å²) in [6.07, 6.45) is -3.03. The molecule has 0 saturated carbocycles. The molecule has 3 rings (SSSR count). The number of hydrogen-bond donors (Lipinski definition) is 2. The third-order valence-corrected chi connectivity index (χ3v) is 5.63. The highest BCUT2D eigenvalue weighted by atomic mass is 35.5. The number of alkyl halides is 3. The van der Waals surface area contributed by atoms with Gasteiger partial charge in [0.05, 0.1) is 29.1 Å². The van der Waals surface area contributed by atoms with Crippen molar-refractivity contribution in [3.8, 4) is 0 Å². The summed E-state index contributed by atoms with van der Waals surface area (Å²) in [7, 11) is 0. The van der Waals surface area contributed by atoms with Crippen molar-refractivity contribution in [2.75, 3.05) is 16.4 Å². The number of amides is 1. The largest absolute Gasteiger partial charge is 0.467 e. The van der Waals surface area contributed by atoms with Gasteiger partial charge in [0.15, 0.2) is 4.34 Å². The van der Waals surface area contributed by atoms with Gasteiger partial charge in [-0.15, -0.1) is 10.2 Å². The number of furan rings is 1. The zero-order chi connectivity index (χ0) is 20.1. The molecule has 2 N–H and O–H groups in total. The summed E-state index contributed by atoms with van der Waals surface area (Å²) < 4.78 is 44.3. The Morgan fingerprint density at radius 1 is 1.29 bits per heavy atom. The molecular formula is C16H12ClF3N4O2S2. The quantitative estimate of drug-likeness (QED) is 0.487. The SMILES string of the molecule is O=C(CSc1nnc(NCc2ccco2)s1)Nc1ccc(Cl)c(C(F)(F)F)c1. The molecule has 1 aromatic carbocycles. The van der Waals surface area contributed by atoms with Crippen LogP contribution in [0.25, 0.3) is 0 Å². The van der Waals surface area contributed by atoms with Crippen LogP contribution in [0.15, 0.2) is 45.4 Å². The Morgan fingerprint density at radius 2 is 2.11 bits per heavy atom. The summed E-state index contributed by atoms with van der Waals surface area (Å²) in [6.45, 7) is 0.449. The standard InChI is InChI=1S/C16H12ClF3N4O2S2/c17-12-4-3-9(6-11(12)16(18,19)20)22-13(25)8-27-15-24-23-14(28-15)21-7-10-2-1-5-26-10/h1-6H,7-8H2,(H,21,23)(H,22,25). The minimum Gasteiger partial charge on any atom is -0.467 e. The van der Waals surface area contributed by atoms with Crippen LogP contribution in [0.4, 0.5) is 24.0 Å². The predicted octanol–water partition coefficient (Wildman–Crippen LogP) is 5.15. The Morgan fingerprint density at radius 3 is 2.82 bits per heavy atom. The van der Waals surface area contributed by atoms with Crippen molar-refractivity contribution in [3.05, 3.63) is 52.9 Å². The van der Waals surface area contributed by atoms with Gasteiger partial charge < -0.3 is 15.1 Å². The van der Waals surface area contributed by atoms with E-state index in [0.29, 0.717) is 16.0 Å². The zero-order valence-corrected chi connectivity index (χ0v) is 16.3. The van der Waals surface area contributed by atoms with Gasteiger partial charge in [-0.05, 0) is 30.3 Å². The number of halogens is 4. The number of carbonyl (C=O) groups excluding carboxylic acids is 1. The third-order valence-electron chi connectivity index (χ3n) is 3.28. The van der Waals surface area contributed by atoms with Crippen molar-refractivity contribution < 1.29 is 22.4 Å². The van der Waals surface area contributed by atoms with Crippen molar-refractivity contribution in [2.45, 2.75) is 17.1 Å². The molecule has 2 heterocycles. The first kappa shape index (κ1) is 20.5. The van der Waals surface area contributed by atoms with Gasteiger partial charge in [0.2, 0.25) is 11.0 Å². The first-order chi connectivity index (χ1) is 13.3. The molecule has 0 radical (unpaired) electrons. The Hall–Kier alpha value is -2.24. The molecule has 0 aliphatic carbocycles. The van der Waals surface area contributed by atoms with Gasteiger partial charge in [-0.1, -0.05) is 34.7 Å². The summed E-state index contributed by atoms with van der Waals surface area (Å²) in [5, 5.41) is 13.5. The van der Waals surface area contributed by atoms with E-state index in [2.05, 4.69) is 20.8 Å². The van der Waals surface area contributed by atoms with Crippen LogP contribution < -0.4 is 10.6 Å². The maximum Gasteiger partial charge on any atom is 0.417 e. The van der Waals surface area contributed by atoms with Crippen LogP contribution in [0.3, 0.4) is 0 Å². The molecule has 0 fully saturated rings. The summed E-state index contributed by atoms with van der Waals surface area (Å²) in [5.74, 6) is 0.238. The molecule has 6 nitrogen and oxygen atoms in total. The lowest BCUT2D eigenvalue weighted by Gasteiger charge is -2.11. The molecule has 2 aromatic heterocycles. The summed E-state index contributed by atoms with van der Waals surface area (Å²) in [4.78, 5) is 12.0. The van der Waals surface area contributed by atoms with Gasteiger partial charge in [-0.25, -0.2) is 0 Å². The van der Waals surface area contributed by atoms with E-state index in [1.807, 2.05) is 6.07 Å². The topological polar surface area (TPSA) is 80.1 Å². The van der Waals surface area contributed by atoms with Crippen LogP contribution in [0.1, 0.15) is 11.3 Å². The molecule has 12 heteroatoms. The van der Waals surface area contributed by atoms with E-state index in [1.54, 1.807) is 12.3 Å². The number of aromatic nitrogens is 2. The third kappa shape index (κ3) is 5.63. The first-order valence-electron chi connectivity index (χ1n) is 7.70. The Bertz CT molecular complexity index is 948. The van der Waals surface area contributed by atoms with Crippen molar-refractivity contribution in [1.29, 1.82) is 0 Å². The van der Waals surface area contributed by atoms with E-state index in [4.69, 9.17) is 16.0 Å². The molecule has 0 bridgehead atoms. The molecule has 0 atom stereocenters. The van der Waals surface area contributed by atoms with Crippen molar-refractivity contribution in [3.63, 3.8) is 0 Å². The van der Waals surface area contributed by atoms with E-state index in [-0.39, 0.29) is 11.4 Å². The Labute approximate surface area is 170 Å². The number of anilines is 2. The molecule has 0 saturated heterocycles. The average Bonchev–Trinajstić information content (AvgIpc) is 3.30. The van der Waals surface area contributed by atoms with Gasteiger partial charge in [-0.2, -0.15) is 13.2 Å². The lowest BCUT2D eigenvalue weighted by molar-refractivity contribution is -0.137. The number of benzene rings is 1. The van der Waals surface area contributed by atoms with Crippen molar-refractivity contribution in [1.82, 2.24) is 10.2 Å².